The summed E-state index contributed by atoms with van der Waals surface area (Å²) in [5.41, 5.74) is 4.88. The number of aryl methyl sites for hydroxylation is 2. The van der Waals surface area contributed by atoms with Gasteiger partial charge in [-0.25, -0.2) is 4.79 Å². The van der Waals surface area contributed by atoms with Gasteiger partial charge >= 0.3 is 5.97 Å². The number of carbonyl (C=O) groups is 1. The minimum absolute atomic E-state index is 0.454. The van der Waals surface area contributed by atoms with E-state index in [1.165, 1.54) is 7.11 Å². The highest BCUT2D eigenvalue weighted by Crippen LogP contribution is 2.41. The van der Waals surface area contributed by atoms with E-state index < -0.39 is 17.7 Å². The van der Waals surface area contributed by atoms with Crippen molar-refractivity contribution < 1.29 is 19.0 Å². The molecule has 0 aliphatic carbocycles. The van der Waals surface area contributed by atoms with E-state index in [1.54, 1.807) is 4.68 Å². The third kappa shape index (κ3) is 4.41. The first-order valence-electron chi connectivity index (χ1n) is 10.9. The van der Waals surface area contributed by atoms with Gasteiger partial charge in [-0.15, -0.1) is 0 Å². The standard InChI is InChI=1S/C26H30N2O4/c1-26(2,3)32-24(25(29)30-5)23-21(19-13-14-20-18(16-19)12-9-15-31-20)22(27-28(23)4)17-10-7-6-8-11-17/h6-8,10-11,13-14,16,24H,9,12,15H2,1-5H3. The van der Waals surface area contributed by atoms with Gasteiger partial charge < -0.3 is 14.2 Å². The van der Waals surface area contributed by atoms with Crippen LogP contribution in [0.3, 0.4) is 0 Å². The Labute approximate surface area is 189 Å². The zero-order valence-electron chi connectivity index (χ0n) is 19.3. The monoisotopic (exact) mass is 434 g/mol. The fourth-order valence-electron chi connectivity index (χ4n) is 4.11. The topological polar surface area (TPSA) is 62.6 Å². The minimum Gasteiger partial charge on any atom is -0.493 e. The predicted octanol–water partition coefficient (Wildman–Crippen LogP) is 5.11. The number of ether oxygens (including phenoxy) is 3. The number of benzene rings is 2. The average molecular weight is 435 g/mol. The number of hydrogen-bond acceptors (Lipinski definition) is 5. The van der Waals surface area contributed by atoms with E-state index in [9.17, 15) is 4.79 Å². The fourth-order valence-corrected chi connectivity index (χ4v) is 4.11. The molecule has 168 valence electrons. The van der Waals surface area contributed by atoms with E-state index in [-0.39, 0.29) is 0 Å². The molecule has 1 unspecified atom stereocenters. The molecule has 1 atom stereocenters. The summed E-state index contributed by atoms with van der Waals surface area (Å²) in [6, 6.07) is 16.2. The Hall–Kier alpha value is -3.12. The lowest BCUT2D eigenvalue weighted by atomic mass is 9.93. The average Bonchev–Trinajstić information content (AvgIpc) is 3.13. The number of hydrogen-bond donors (Lipinski definition) is 0. The van der Waals surface area contributed by atoms with Crippen LogP contribution in [0.4, 0.5) is 0 Å². The van der Waals surface area contributed by atoms with Crippen molar-refractivity contribution in [1.29, 1.82) is 0 Å². The lowest BCUT2D eigenvalue weighted by Crippen LogP contribution is -2.29. The summed E-state index contributed by atoms with van der Waals surface area (Å²) in [6.45, 7) is 6.51. The summed E-state index contributed by atoms with van der Waals surface area (Å²) in [6.07, 6.45) is 1.02. The lowest BCUT2D eigenvalue weighted by Gasteiger charge is -2.27. The van der Waals surface area contributed by atoms with Gasteiger partial charge in [0, 0.05) is 18.2 Å². The van der Waals surface area contributed by atoms with Crippen molar-refractivity contribution in [2.75, 3.05) is 13.7 Å². The number of fused-ring (bicyclic) bond motifs is 1. The summed E-state index contributed by atoms with van der Waals surface area (Å²) in [5.74, 6) is 0.465. The van der Waals surface area contributed by atoms with Gasteiger partial charge in [0.2, 0.25) is 0 Å². The number of esters is 1. The Morgan fingerprint density at radius 3 is 2.56 bits per heavy atom. The molecule has 0 fully saturated rings. The molecule has 1 aliphatic rings. The highest BCUT2D eigenvalue weighted by atomic mass is 16.6. The number of aromatic nitrogens is 2. The molecule has 4 rings (SSSR count). The van der Waals surface area contributed by atoms with Crippen molar-refractivity contribution in [3.05, 3.63) is 59.8 Å². The third-order valence-corrected chi connectivity index (χ3v) is 5.47. The SMILES string of the molecule is COC(=O)C(OC(C)(C)C)c1c(-c2ccc3c(c2)CCCO3)c(-c2ccccc2)nn1C. The summed E-state index contributed by atoms with van der Waals surface area (Å²) < 4.78 is 18.9. The zero-order chi connectivity index (χ0) is 22.9. The van der Waals surface area contributed by atoms with E-state index >= 15 is 0 Å². The first kappa shape index (κ1) is 22.1. The Morgan fingerprint density at radius 1 is 1.12 bits per heavy atom. The first-order chi connectivity index (χ1) is 15.3. The van der Waals surface area contributed by atoms with Crippen LogP contribution in [-0.2, 0) is 27.7 Å². The van der Waals surface area contributed by atoms with Crippen LogP contribution in [0.2, 0.25) is 0 Å². The van der Waals surface area contributed by atoms with Gasteiger partial charge in [-0.3, -0.25) is 4.68 Å². The maximum Gasteiger partial charge on any atom is 0.341 e. The van der Waals surface area contributed by atoms with Crippen molar-refractivity contribution in [3.63, 3.8) is 0 Å². The molecule has 2 aromatic carbocycles. The van der Waals surface area contributed by atoms with Crippen molar-refractivity contribution in [3.8, 4) is 28.1 Å². The molecule has 0 radical (unpaired) electrons. The van der Waals surface area contributed by atoms with E-state index in [1.807, 2.05) is 70.3 Å². The van der Waals surface area contributed by atoms with Gasteiger partial charge in [-0.1, -0.05) is 36.4 Å². The Bertz CT molecular complexity index is 1110. The highest BCUT2D eigenvalue weighted by Gasteiger charge is 2.35. The number of nitrogens with zero attached hydrogens (tertiary/aromatic N) is 2. The maximum atomic E-state index is 12.9. The van der Waals surface area contributed by atoms with Gasteiger partial charge in [-0.05, 0) is 56.9 Å². The molecule has 6 heteroatoms. The molecule has 6 nitrogen and oxygen atoms in total. The van der Waals surface area contributed by atoms with Gasteiger partial charge in [0.25, 0.3) is 0 Å². The molecule has 0 saturated carbocycles. The van der Waals surface area contributed by atoms with Crippen LogP contribution in [0.1, 0.15) is 44.6 Å². The molecule has 3 aromatic rings. The maximum absolute atomic E-state index is 12.9. The van der Waals surface area contributed by atoms with Gasteiger partial charge in [0.05, 0.1) is 25.0 Å². The summed E-state index contributed by atoms with van der Waals surface area (Å²) >= 11 is 0. The zero-order valence-corrected chi connectivity index (χ0v) is 19.3. The second-order valence-corrected chi connectivity index (χ2v) is 9.01. The predicted molar refractivity (Wildman–Crippen MR) is 123 cm³/mol. The summed E-state index contributed by atoms with van der Waals surface area (Å²) in [5, 5.41) is 4.83. The van der Waals surface area contributed by atoms with Crippen molar-refractivity contribution >= 4 is 5.97 Å². The molecule has 1 aliphatic heterocycles. The molecular formula is C26H30N2O4. The number of methoxy groups -OCH3 is 1. The number of rotatable bonds is 5. The largest absolute Gasteiger partial charge is 0.493 e. The van der Waals surface area contributed by atoms with Crippen molar-refractivity contribution in [2.24, 2.45) is 7.05 Å². The van der Waals surface area contributed by atoms with Crippen LogP contribution in [0.25, 0.3) is 22.4 Å². The van der Waals surface area contributed by atoms with Gasteiger partial charge in [0.15, 0.2) is 6.10 Å². The summed E-state index contributed by atoms with van der Waals surface area (Å²) in [4.78, 5) is 12.9. The molecule has 1 aromatic heterocycles. The van der Waals surface area contributed by atoms with Crippen LogP contribution in [0.5, 0.6) is 5.75 Å². The van der Waals surface area contributed by atoms with Crippen molar-refractivity contribution in [2.45, 2.75) is 45.3 Å². The normalized spacial score (nSPS) is 14.4. The van der Waals surface area contributed by atoms with Gasteiger partial charge in [0.1, 0.15) is 11.4 Å². The smallest absolute Gasteiger partial charge is 0.341 e. The van der Waals surface area contributed by atoms with Crippen LogP contribution in [0.15, 0.2) is 48.5 Å². The van der Waals surface area contributed by atoms with E-state index in [0.717, 1.165) is 53.1 Å². The molecule has 0 spiro atoms. The quantitative estimate of drug-likeness (QED) is 0.522. The molecule has 32 heavy (non-hydrogen) atoms. The molecular weight excluding hydrogens is 404 g/mol. The first-order valence-corrected chi connectivity index (χ1v) is 10.9. The Kier molecular flexibility index (Phi) is 6.07. The fraction of sp³-hybridized carbons (Fsp3) is 0.385. The molecule has 0 bridgehead atoms. The Morgan fingerprint density at radius 2 is 1.88 bits per heavy atom. The van der Waals surface area contributed by atoms with Crippen LogP contribution >= 0.6 is 0 Å². The van der Waals surface area contributed by atoms with Crippen molar-refractivity contribution in [1.82, 2.24) is 9.78 Å². The Balaban J connectivity index is 1.96. The minimum atomic E-state index is -0.919. The van der Waals surface area contributed by atoms with E-state index in [2.05, 4.69) is 6.07 Å². The third-order valence-electron chi connectivity index (χ3n) is 5.47. The molecule has 0 N–H and O–H groups in total. The lowest BCUT2D eigenvalue weighted by molar-refractivity contribution is -0.165. The summed E-state index contributed by atoms with van der Waals surface area (Å²) in [7, 11) is 3.22. The molecule has 2 heterocycles. The van der Waals surface area contributed by atoms with Gasteiger partial charge in [-0.2, -0.15) is 5.10 Å². The van der Waals surface area contributed by atoms with Crippen LogP contribution in [0, 0.1) is 0 Å². The molecule has 0 saturated heterocycles. The van der Waals surface area contributed by atoms with Crippen LogP contribution < -0.4 is 4.74 Å². The number of carbonyl (C=O) groups excluding carboxylic acids is 1. The molecule has 0 amide bonds. The van der Waals surface area contributed by atoms with E-state index in [0.29, 0.717) is 5.69 Å². The second kappa shape index (κ2) is 8.79. The highest BCUT2D eigenvalue weighted by molar-refractivity contribution is 5.88. The van der Waals surface area contributed by atoms with Crippen LogP contribution in [-0.4, -0.2) is 35.1 Å². The second-order valence-electron chi connectivity index (χ2n) is 9.01. The van der Waals surface area contributed by atoms with E-state index in [4.69, 9.17) is 19.3 Å².